The van der Waals surface area contributed by atoms with Gasteiger partial charge in [0.25, 0.3) is 0 Å². The van der Waals surface area contributed by atoms with Crippen molar-refractivity contribution in [3.63, 3.8) is 0 Å². The maximum atomic E-state index is 10.3. The first-order valence-electron chi connectivity index (χ1n) is 3.97. The molecule has 1 N–H and O–H groups in total. The predicted molar refractivity (Wildman–Crippen MR) is 50.2 cm³/mol. The minimum Gasteiger partial charge on any atom is -0.400 e. The van der Waals surface area contributed by atoms with E-state index in [1.54, 1.807) is 0 Å². The fraction of sp³-hybridized carbons (Fsp3) is 0. The molecule has 0 spiro atoms. The first-order valence-corrected chi connectivity index (χ1v) is 3.97. The van der Waals surface area contributed by atoms with Gasteiger partial charge in [-0.05, 0) is 6.07 Å². The standard InChI is InChI=1S/C6H4N7O3/c14-13(15)5-2-1-4(16-5)3-7-8-6-9-11-12-10-6/h1-3H,(H-,8,9,10,11,12)/q-1. The highest BCUT2D eigenvalue weighted by atomic mass is 16.6. The smallest absolute Gasteiger partial charge is 0.400 e. The van der Waals surface area contributed by atoms with Crippen molar-refractivity contribution < 1.29 is 9.34 Å². The molecule has 0 aliphatic heterocycles. The Hall–Kier alpha value is -2.78. The molecule has 82 valence electrons. The maximum Gasteiger partial charge on any atom is 0.433 e. The lowest BCUT2D eigenvalue weighted by Gasteiger charge is -1.95. The van der Waals surface area contributed by atoms with Crippen LogP contribution < -0.4 is 0 Å². The van der Waals surface area contributed by atoms with E-state index in [2.05, 4.69) is 31.2 Å². The van der Waals surface area contributed by atoms with Gasteiger partial charge in [-0.15, -0.1) is 5.21 Å². The summed E-state index contributed by atoms with van der Waals surface area (Å²) in [6.07, 6.45) is 1.20. The number of tetrazole rings is 1. The molecule has 0 atom stereocenters. The Labute approximate surface area is 87.5 Å². The predicted octanol–water partition coefficient (Wildman–Crippen LogP) is 0.740. The van der Waals surface area contributed by atoms with Crippen molar-refractivity contribution in [2.75, 3.05) is 0 Å². The van der Waals surface area contributed by atoms with Crippen LogP contribution in [0.3, 0.4) is 0 Å². The molecular formula is C6H4N7O3-. The van der Waals surface area contributed by atoms with Crippen molar-refractivity contribution in [1.82, 2.24) is 20.6 Å². The SMILES string of the molecule is O=[N+]([O-])c1ccc(C=N[N-]c2nn[nH]n2)o1. The summed E-state index contributed by atoms with van der Waals surface area (Å²) in [6, 6.07) is 2.61. The first-order chi connectivity index (χ1) is 7.75. The van der Waals surface area contributed by atoms with Crippen molar-refractivity contribution in [3.8, 4) is 0 Å². The molecule has 0 saturated carbocycles. The molecule has 2 aromatic rings. The molecule has 0 aliphatic carbocycles. The van der Waals surface area contributed by atoms with E-state index in [1.807, 2.05) is 0 Å². The van der Waals surface area contributed by atoms with E-state index in [9.17, 15) is 10.1 Å². The maximum absolute atomic E-state index is 10.3. The van der Waals surface area contributed by atoms with E-state index < -0.39 is 4.92 Å². The number of hydrogen-bond donors (Lipinski definition) is 1. The van der Waals surface area contributed by atoms with Crippen LogP contribution in [0.1, 0.15) is 5.76 Å². The molecule has 0 aliphatic rings. The van der Waals surface area contributed by atoms with Crippen LogP contribution >= 0.6 is 0 Å². The number of nitrogens with one attached hydrogen (secondary N) is 1. The van der Waals surface area contributed by atoms with E-state index >= 15 is 0 Å². The van der Waals surface area contributed by atoms with Crippen LogP contribution in [-0.2, 0) is 0 Å². The van der Waals surface area contributed by atoms with E-state index in [0.717, 1.165) is 0 Å². The van der Waals surface area contributed by atoms with Gasteiger partial charge in [0.1, 0.15) is 4.92 Å². The Kier molecular flexibility index (Phi) is 2.54. The topological polar surface area (TPSA) is 137 Å². The molecule has 2 heterocycles. The molecule has 0 fully saturated rings. The van der Waals surface area contributed by atoms with E-state index in [1.165, 1.54) is 18.3 Å². The molecule has 0 amide bonds. The summed E-state index contributed by atoms with van der Waals surface area (Å²) in [7, 11) is 0. The van der Waals surface area contributed by atoms with Crippen molar-refractivity contribution in [2.24, 2.45) is 5.10 Å². The van der Waals surface area contributed by atoms with Gasteiger partial charge in [-0.1, -0.05) is 0 Å². The van der Waals surface area contributed by atoms with Gasteiger partial charge in [-0.25, -0.2) is 5.10 Å². The van der Waals surface area contributed by atoms with Crippen LogP contribution in [0.15, 0.2) is 21.7 Å². The van der Waals surface area contributed by atoms with Crippen LogP contribution in [0, 0.1) is 10.1 Å². The number of hydrogen-bond acceptors (Lipinski definition) is 7. The van der Waals surface area contributed by atoms with Crippen LogP contribution in [0.4, 0.5) is 11.8 Å². The number of rotatable bonds is 4. The monoisotopic (exact) mass is 222 g/mol. The molecule has 0 unspecified atom stereocenters. The molecular weight excluding hydrogens is 218 g/mol. The van der Waals surface area contributed by atoms with E-state index in [4.69, 9.17) is 4.42 Å². The fourth-order valence-electron chi connectivity index (χ4n) is 0.846. The molecule has 16 heavy (non-hydrogen) atoms. The van der Waals surface area contributed by atoms with Crippen LogP contribution in [-0.4, -0.2) is 31.8 Å². The van der Waals surface area contributed by atoms with Crippen LogP contribution in [0.25, 0.3) is 5.43 Å². The van der Waals surface area contributed by atoms with Gasteiger partial charge in [0.05, 0.1) is 18.2 Å². The number of furan rings is 1. The number of H-pyrrole nitrogens is 1. The molecule has 2 rings (SSSR count). The lowest BCUT2D eigenvalue weighted by Crippen LogP contribution is -1.83. The summed E-state index contributed by atoms with van der Waals surface area (Å²) in [5, 5.41) is 26.3. The second kappa shape index (κ2) is 4.16. The lowest BCUT2D eigenvalue weighted by molar-refractivity contribution is -0.402. The Balaban J connectivity index is 1.98. The lowest BCUT2D eigenvalue weighted by atomic mass is 10.5. The van der Waals surface area contributed by atoms with Crippen molar-refractivity contribution >= 4 is 18.0 Å². The molecule has 0 bridgehead atoms. The highest BCUT2D eigenvalue weighted by molar-refractivity contribution is 5.77. The second-order valence-electron chi connectivity index (χ2n) is 2.49. The number of aromatic nitrogens is 4. The largest absolute Gasteiger partial charge is 0.433 e. The molecule has 2 aromatic heterocycles. The molecule has 0 aromatic carbocycles. The fourth-order valence-corrected chi connectivity index (χ4v) is 0.846. The Bertz CT molecular complexity index is 502. The zero-order valence-corrected chi connectivity index (χ0v) is 7.64. The Morgan fingerprint density at radius 1 is 1.62 bits per heavy atom. The van der Waals surface area contributed by atoms with Crippen molar-refractivity contribution in [2.45, 2.75) is 0 Å². The molecule has 10 heteroatoms. The zero-order valence-electron chi connectivity index (χ0n) is 7.64. The third-order valence-electron chi connectivity index (χ3n) is 1.46. The normalized spacial score (nSPS) is 10.8. The summed E-state index contributed by atoms with van der Waals surface area (Å²) in [5.41, 5.74) is 3.54. The van der Waals surface area contributed by atoms with Crippen LogP contribution in [0.2, 0.25) is 0 Å². The first kappa shape index (κ1) is 9.76. The molecule has 0 saturated heterocycles. The van der Waals surface area contributed by atoms with E-state index in [-0.39, 0.29) is 17.6 Å². The van der Waals surface area contributed by atoms with Gasteiger partial charge in [0.2, 0.25) is 0 Å². The second-order valence-corrected chi connectivity index (χ2v) is 2.49. The molecule has 0 radical (unpaired) electrons. The molecule has 10 nitrogen and oxygen atoms in total. The number of nitrogens with zero attached hydrogens (tertiary/aromatic N) is 6. The van der Waals surface area contributed by atoms with Crippen molar-refractivity contribution in [1.29, 1.82) is 0 Å². The summed E-state index contributed by atoms with van der Waals surface area (Å²) in [4.78, 5) is 9.64. The van der Waals surface area contributed by atoms with E-state index in [0.29, 0.717) is 0 Å². The minimum atomic E-state index is -0.645. The number of aromatic amines is 1. The number of nitro groups is 1. The third kappa shape index (κ3) is 2.17. The van der Waals surface area contributed by atoms with Crippen molar-refractivity contribution in [3.05, 3.63) is 33.4 Å². The van der Waals surface area contributed by atoms with Gasteiger partial charge in [-0.3, -0.25) is 31.0 Å². The highest BCUT2D eigenvalue weighted by Gasteiger charge is 2.09. The third-order valence-corrected chi connectivity index (χ3v) is 1.46. The summed E-state index contributed by atoms with van der Waals surface area (Å²) in [6.45, 7) is 0. The minimum absolute atomic E-state index is 0.0531. The average molecular weight is 222 g/mol. The van der Waals surface area contributed by atoms with Gasteiger partial charge in [0, 0.05) is 0 Å². The van der Waals surface area contributed by atoms with Gasteiger partial charge < -0.3 is 4.42 Å². The van der Waals surface area contributed by atoms with Gasteiger partial charge in [0.15, 0.2) is 5.76 Å². The zero-order chi connectivity index (χ0) is 11.4. The summed E-state index contributed by atoms with van der Waals surface area (Å²) in [5.74, 6) is -0.0998. The average Bonchev–Trinajstić information content (AvgIpc) is 2.87. The van der Waals surface area contributed by atoms with Crippen LogP contribution in [0.5, 0.6) is 0 Å². The van der Waals surface area contributed by atoms with Gasteiger partial charge in [-0.2, -0.15) is 0 Å². The quantitative estimate of drug-likeness (QED) is 0.460. The Morgan fingerprint density at radius 3 is 3.12 bits per heavy atom. The highest BCUT2D eigenvalue weighted by Crippen LogP contribution is 2.14. The Morgan fingerprint density at radius 2 is 2.50 bits per heavy atom. The van der Waals surface area contributed by atoms with Gasteiger partial charge >= 0.3 is 5.88 Å². The summed E-state index contributed by atoms with van der Waals surface area (Å²) >= 11 is 0. The summed E-state index contributed by atoms with van der Waals surface area (Å²) < 4.78 is 4.79.